The van der Waals surface area contributed by atoms with Crippen molar-refractivity contribution in [3.63, 3.8) is 0 Å². The zero-order chi connectivity index (χ0) is 25.1. The minimum Gasteiger partial charge on any atom is -0.494 e. The average molecular weight is 510 g/mol. The van der Waals surface area contributed by atoms with Crippen molar-refractivity contribution in [2.24, 2.45) is 5.41 Å². The van der Waals surface area contributed by atoms with Crippen LogP contribution in [0.15, 0.2) is 48.8 Å². The van der Waals surface area contributed by atoms with E-state index in [2.05, 4.69) is 25.5 Å². The normalized spacial score (nSPS) is 17.3. The molecule has 188 valence electrons. The van der Waals surface area contributed by atoms with Crippen LogP contribution in [0, 0.1) is 11.2 Å². The van der Waals surface area contributed by atoms with Gasteiger partial charge in [-0.05, 0) is 68.5 Å². The number of carbonyl (C=O) groups is 1. The molecule has 36 heavy (non-hydrogen) atoms. The van der Waals surface area contributed by atoms with Gasteiger partial charge in [0.05, 0.1) is 23.3 Å². The third kappa shape index (κ3) is 5.29. The van der Waals surface area contributed by atoms with Gasteiger partial charge in [0.25, 0.3) is 0 Å². The zero-order valence-electron chi connectivity index (χ0n) is 20.2. The van der Waals surface area contributed by atoms with E-state index in [1.807, 2.05) is 6.08 Å². The van der Waals surface area contributed by atoms with E-state index in [1.165, 1.54) is 50.6 Å². The van der Waals surface area contributed by atoms with Gasteiger partial charge >= 0.3 is 0 Å². The second-order valence-electron chi connectivity index (χ2n) is 9.59. The lowest BCUT2D eigenvalue weighted by Crippen LogP contribution is -2.43. The Morgan fingerprint density at radius 3 is 2.69 bits per heavy atom. The number of hydrogen-bond donors (Lipinski definition) is 2. The third-order valence-electron chi connectivity index (χ3n) is 7.36. The zero-order valence-corrected chi connectivity index (χ0v) is 20.9. The number of nitrogens with zero attached hydrogens (tertiary/aromatic N) is 3. The molecule has 0 atom stereocenters. The van der Waals surface area contributed by atoms with Crippen LogP contribution >= 0.6 is 11.6 Å². The second kappa shape index (κ2) is 10.4. The standard InChI is InChI=1S/C27H29ClFN5O2/c1-36-24-16-22-19(26(31-17-30-22)32-18-5-6-21(29)20(28)14-18)15-23(24)33-25(35)4-2-11-34-12-9-27(10-13-34)7-3-8-27/h2,4-6,14-17H,3,7-13H2,1H3,(H,33,35)(H,30,31,32). The number of ether oxygens (including phenoxy) is 1. The number of methoxy groups -OCH3 is 1. The van der Waals surface area contributed by atoms with Crippen LogP contribution in [0.1, 0.15) is 32.1 Å². The highest BCUT2D eigenvalue weighted by Gasteiger charge is 2.39. The van der Waals surface area contributed by atoms with Gasteiger partial charge in [-0.3, -0.25) is 9.69 Å². The molecule has 1 saturated carbocycles. The molecular formula is C27H29ClFN5O2. The first-order valence-electron chi connectivity index (χ1n) is 12.2. The van der Waals surface area contributed by atoms with Gasteiger partial charge in [0.2, 0.25) is 5.91 Å². The van der Waals surface area contributed by atoms with Crippen molar-refractivity contribution in [3.8, 4) is 5.75 Å². The molecule has 0 unspecified atom stereocenters. The predicted molar refractivity (Wildman–Crippen MR) is 141 cm³/mol. The van der Waals surface area contributed by atoms with Crippen molar-refractivity contribution >= 4 is 45.6 Å². The molecular weight excluding hydrogens is 481 g/mol. The number of aromatic nitrogens is 2. The number of nitrogens with one attached hydrogen (secondary N) is 2. The number of hydrogen-bond acceptors (Lipinski definition) is 6. The van der Waals surface area contributed by atoms with Gasteiger partial charge < -0.3 is 15.4 Å². The number of amides is 1. The maximum Gasteiger partial charge on any atom is 0.248 e. The van der Waals surface area contributed by atoms with Gasteiger partial charge in [0.15, 0.2) is 0 Å². The average Bonchev–Trinajstić information content (AvgIpc) is 2.86. The number of halogens is 2. The minimum atomic E-state index is -0.500. The summed E-state index contributed by atoms with van der Waals surface area (Å²) in [6, 6.07) is 7.83. The molecule has 2 heterocycles. The summed E-state index contributed by atoms with van der Waals surface area (Å²) < 4.78 is 19.0. The van der Waals surface area contributed by atoms with Crippen molar-refractivity contribution in [1.29, 1.82) is 0 Å². The topological polar surface area (TPSA) is 79.4 Å². The molecule has 5 rings (SSSR count). The Labute approximate surface area is 214 Å². The minimum absolute atomic E-state index is 0.00636. The molecule has 1 saturated heterocycles. The van der Waals surface area contributed by atoms with Gasteiger partial charge in [-0.25, -0.2) is 14.4 Å². The van der Waals surface area contributed by atoms with Gasteiger partial charge in [-0.1, -0.05) is 24.1 Å². The quantitative estimate of drug-likeness (QED) is 0.384. The smallest absolute Gasteiger partial charge is 0.248 e. The lowest BCUT2D eigenvalue weighted by atomic mass is 9.63. The number of carbonyl (C=O) groups excluding carboxylic acids is 1. The lowest BCUT2D eigenvalue weighted by Gasteiger charge is -2.47. The van der Waals surface area contributed by atoms with Crippen LogP contribution < -0.4 is 15.4 Å². The Hall–Kier alpha value is -3.23. The van der Waals surface area contributed by atoms with Gasteiger partial charge in [-0.2, -0.15) is 0 Å². The van der Waals surface area contributed by atoms with Crippen LogP contribution in [0.25, 0.3) is 10.9 Å². The van der Waals surface area contributed by atoms with Crippen molar-refractivity contribution in [1.82, 2.24) is 14.9 Å². The van der Waals surface area contributed by atoms with E-state index >= 15 is 0 Å². The van der Waals surface area contributed by atoms with Crippen molar-refractivity contribution in [2.75, 3.05) is 37.4 Å². The van der Waals surface area contributed by atoms with Crippen LogP contribution in [-0.2, 0) is 4.79 Å². The number of benzene rings is 2. The van der Waals surface area contributed by atoms with E-state index in [9.17, 15) is 9.18 Å². The Kier molecular flexibility index (Phi) is 7.07. The molecule has 2 aromatic carbocycles. The Balaban J connectivity index is 1.28. The number of rotatable bonds is 7. The first kappa shape index (κ1) is 24.5. The summed E-state index contributed by atoms with van der Waals surface area (Å²) in [5, 5.41) is 6.72. The molecule has 0 radical (unpaired) electrons. The first-order chi connectivity index (χ1) is 17.4. The largest absolute Gasteiger partial charge is 0.494 e. The molecule has 0 bridgehead atoms. The highest BCUT2D eigenvalue weighted by molar-refractivity contribution is 6.31. The Morgan fingerprint density at radius 2 is 2.00 bits per heavy atom. The fraction of sp³-hybridized carbons (Fsp3) is 0.370. The van der Waals surface area contributed by atoms with Crippen LogP contribution in [-0.4, -0.2) is 47.5 Å². The second-order valence-corrected chi connectivity index (χ2v) is 10.00. The van der Waals surface area contributed by atoms with E-state index in [-0.39, 0.29) is 10.9 Å². The monoisotopic (exact) mass is 509 g/mol. The molecule has 9 heteroatoms. The van der Waals surface area contributed by atoms with E-state index in [4.69, 9.17) is 16.3 Å². The maximum absolute atomic E-state index is 13.5. The van der Waals surface area contributed by atoms with Crippen LogP contribution in [0.3, 0.4) is 0 Å². The molecule has 1 amide bonds. The van der Waals surface area contributed by atoms with Crippen molar-refractivity contribution < 1.29 is 13.9 Å². The van der Waals surface area contributed by atoms with Gasteiger partial charge in [0.1, 0.15) is 23.7 Å². The molecule has 2 fully saturated rings. The summed E-state index contributed by atoms with van der Waals surface area (Å²) in [6.45, 7) is 2.96. The number of likely N-dealkylation sites (tertiary alicyclic amines) is 1. The summed E-state index contributed by atoms with van der Waals surface area (Å²) in [7, 11) is 1.54. The van der Waals surface area contributed by atoms with E-state index in [0.29, 0.717) is 39.3 Å². The molecule has 1 aliphatic heterocycles. The molecule has 2 N–H and O–H groups in total. The van der Waals surface area contributed by atoms with E-state index in [0.717, 1.165) is 19.6 Å². The Bertz CT molecular complexity index is 1300. The third-order valence-corrected chi connectivity index (χ3v) is 7.65. The molecule has 3 aromatic rings. The first-order valence-corrected chi connectivity index (χ1v) is 12.6. The van der Waals surface area contributed by atoms with Crippen LogP contribution in [0.2, 0.25) is 5.02 Å². The maximum atomic E-state index is 13.5. The summed E-state index contributed by atoms with van der Waals surface area (Å²) in [6.07, 6.45) is 11.6. The van der Waals surface area contributed by atoms with Crippen molar-refractivity contribution in [2.45, 2.75) is 32.1 Å². The Morgan fingerprint density at radius 1 is 1.19 bits per heavy atom. The summed E-state index contributed by atoms with van der Waals surface area (Å²) >= 11 is 5.91. The highest BCUT2D eigenvalue weighted by Crippen LogP contribution is 2.48. The van der Waals surface area contributed by atoms with Crippen molar-refractivity contribution in [3.05, 3.63) is 59.7 Å². The van der Waals surface area contributed by atoms with Gasteiger partial charge in [0, 0.05) is 29.8 Å². The summed E-state index contributed by atoms with van der Waals surface area (Å²) in [4.78, 5) is 23.7. The predicted octanol–water partition coefficient (Wildman–Crippen LogP) is 5.94. The molecule has 1 aromatic heterocycles. The SMILES string of the molecule is COc1cc2ncnc(Nc3ccc(F)c(Cl)c3)c2cc1NC(=O)C=CCN1CCC2(CCC2)CC1. The molecule has 7 nitrogen and oxygen atoms in total. The fourth-order valence-corrected chi connectivity index (χ4v) is 5.21. The molecule has 2 aliphatic rings. The summed E-state index contributed by atoms with van der Waals surface area (Å²) in [5.74, 6) is 0.239. The van der Waals surface area contributed by atoms with E-state index in [1.54, 1.807) is 31.4 Å². The number of piperidine rings is 1. The lowest BCUT2D eigenvalue weighted by molar-refractivity contribution is -0.111. The van der Waals surface area contributed by atoms with E-state index < -0.39 is 5.82 Å². The fourth-order valence-electron chi connectivity index (χ4n) is 5.03. The van der Waals surface area contributed by atoms with Gasteiger partial charge in [-0.15, -0.1) is 0 Å². The van der Waals surface area contributed by atoms with Crippen LogP contribution in [0.4, 0.5) is 21.6 Å². The number of anilines is 3. The van der Waals surface area contributed by atoms with Crippen LogP contribution in [0.5, 0.6) is 5.75 Å². The summed E-state index contributed by atoms with van der Waals surface area (Å²) in [5.41, 5.74) is 2.32. The molecule has 1 aliphatic carbocycles. The molecule has 1 spiro atoms. The number of fused-ring (bicyclic) bond motifs is 1. The highest BCUT2D eigenvalue weighted by atomic mass is 35.5.